The second-order valence-corrected chi connectivity index (χ2v) is 6.18. The van der Waals surface area contributed by atoms with Crippen molar-refractivity contribution in [3.63, 3.8) is 0 Å². The van der Waals surface area contributed by atoms with Crippen molar-refractivity contribution in [3.8, 4) is 0 Å². The van der Waals surface area contributed by atoms with Gasteiger partial charge in [-0.3, -0.25) is 4.79 Å². The van der Waals surface area contributed by atoms with Gasteiger partial charge in [0.15, 0.2) is 0 Å². The summed E-state index contributed by atoms with van der Waals surface area (Å²) in [6.45, 7) is 6.62. The number of halogens is 1. The molecule has 0 aromatic carbocycles. The van der Waals surface area contributed by atoms with Crippen molar-refractivity contribution in [2.75, 3.05) is 0 Å². The van der Waals surface area contributed by atoms with E-state index in [-0.39, 0.29) is 10.8 Å². The smallest absolute Gasteiger partial charge is 0.139 e. The molecule has 2 aliphatic rings. The fourth-order valence-electron chi connectivity index (χ4n) is 2.94. The van der Waals surface area contributed by atoms with E-state index in [1.54, 1.807) is 0 Å². The largest absolute Gasteiger partial charge is 0.299 e. The van der Waals surface area contributed by atoms with Gasteiger partial charge in [-0.05, 0) is 17.8 Å². The minimum absolute atomic E-state index is 0.0498. The van der Waals surface area contributed by atoms with Crippen LogP contribution in [0, 0.1) is 16.7 Å². The molecule has 0 spiro atoms. The molecular formula is C10H15BrO. The molecule has 0 aliphatic heterocycles. The predicted molar refractivity (Wildman–Crippen MR) is 52.3 cm³/mol. The Balaban J connectivity index is 2.47. The fourth-order valence-corrected chi connectivity index (χ4v) is 4.43. The van der Waals surface area contributed by atoms with Crippen molar-refractivity contribution >= 4 is 21.7 Å². The van der Waals surface area contributed by atoms with Gasteiger partial charge in [-0.2, -0.15) is 0 Å². The number of alkyl halides is 1. The molecule has 12 heavy (non-hydrogen) atoms. The number of hydrogen-bond acceptors (Lipinski definition) is 1. The second-order valence-electron chi connectivity index (χ2n) is 5.01. The van der Waals surface area contributed by atoms with E-state index in [1.807, 2.05) is 0 Å². The van der Waals surface area contributed by atoms with Gasteiger partial charge in [-0.15, -0.1) is 0 Å². The third kappa shape index (κ3) is 0.729. The van der Waals surface area contributed by atoms with Gasteiger partial charge in [0.05, 0.1) is 0 Å². The van der Waals surface area contributed by atoms with Crippen LogP contribution >= 0.6 is 15.9 Å². The summed E-state index contributed by atoms with van der Waals surface area (Å²) in [6, 6.07) is 0. The molecule has 0 heterocycles. The minimum Gasteiger partial charge on any atom is -0.299 e. The normalized spacial score (nSPS) is 50.2. The monoisotopic (exact) mass is 230 g/mol. The highest BCUT2D eigenvalue weighted by Gasteiger charge is 2.64. The van der Waals surface area contributed by atoms with E-state index in [9.17, 15) is 4.79 Å². The van der Waals surface area contributed by atoms with Crippen LogP contribution in [0.2, 0.25) is 0 Å². The van der Waals surface area contributed by atoms with Crippen LogP contribution < -0.4 is 0 Å². The molecule has 2 heteroatoms. The average Bonchev–Trinajstić information content (AvgIpc) is 2.18. The van der Waals surface area contributed by atoms with Crippen LogP contribution in [0.15, 0.2) is 0 Å². The molecule has 1 nitrogen and oxygen atoms in total. The Bertz CT molecular complexity index is 246. The molecule has 3 atom stereocenters. The van der Waals surface area contributed by atoms with E-state index in [1.165, 1.54) is 0 Å². The molecule has 68 valence electrons. The summed E-state index contributed by atoms with van der Waals surface area (Å²) in [5.74, 6) is 1.04. The zero-order valence-electron chi connectivity index (χ0n) is 7.86. The second kappa shape index (κ2) is 2.14. The van der Waals surface area contributed by atoms with Gasteiger partial charge in [-0.1, -0.05) is 36.7 Å². The van der Waals surface area contributed by atoms with Crippen LogP contribution in [-0.4, -0.2) is 10.6 Å². The first-order valence-electron chi connectivity index (χ1n) is 4.57. The van der Waals surface area contributed by atoms with Crippen molar-refractivity contribution in [1.29, 1.82) is 0 Å². The highest BCUT2D eigenvalue weighted by Crippen LogP contribution is 2.65. The lowest BCUT2D eigenvalue weighted by atomic mass is 9.70. The van der Waals surface area contributed by atoms with Crippen LogP contribution in [0.1, 0.15) is 33.6 Å². The maximum absolute atomic E-state index is 11.7. The van der Waals surface area contributed by atoms with Crippen molar-refractivity contribution in [2.45, 2.75) is 38.4 Å². The quantitative estimate of drug-likeness (QED) is 0.586. The Kier molecular flexibility index (Phi) is 1.56. The van der Waals surface area contributed by atoms with Gasteiger partial charge in [0.1, 0.15) is 5.78 Å². The molecule has 0 radical (unpaired) electrons. The van der Waals surface area contributed by atoms with Crippen LogP contribution in [-0.2, 0) is 4.79 Å². The Morgan fingerprint density at radius 1 is 1.42 bits per heavy atom. The Morgan fingerprint density at radius 2 is 2.00 bits per heavy atom. The molecule has 2 fully saturated rings. The van der Waals surface area contributed by atoms with Crippen molar-refractivity contribution < 1.29 is 4.79 Å². The molecular weight excluding hydrogens is 216 g/mol. The first-order chi connectivity index (χ1) is 5.39. The summed E-state index contributed by atoms with van der Waals surface area (Å²) in [5.41, 5.74) is 0.157. The highest BCUT2D eigenvalue weighted by molar-refractivity contribution is 9.09. The number of carbonyl (C=O) groups is 1. The predicted octanol–water partition coefficient (Wildman–Crippen LogP) is 2.78. The number of hydrogen-bond donors (Lipinski definition) is 0. The van der Waals surface area contributed by atoms with Crippen LogP contribution in [0.4, 0.5) is 0 Å². The summed E-state index contributed by atoms with van der Waals surface area (Å²) in [5, 5.41) is 0. The average molecular weight is 231 g/mol. The van der Waals surface area contributed by atoms with Gasteiger partial charge < -0.3 is 0 Å². The van der Waals surface area contributed by atoms with Gasteiger partial charge >= 0.3 is 0 Å². The van der Waals surface area contributed by atoms with Crippen molar-refractivity contribution in [2.24, 2.45) is 16.7 Å². The van der Waals surface area contributed by atoms with Crippen molar-refractivity contribution in [3.05, 3.63) is 0 Å². The molecule has 2 bridgehead atoms. The first-order valence-corrected chi connectivity index (χ1v) is 5.48. The van der Waals surface area contributed by atoms with Crippen molar-refractivity contribution in [1.82, 2.24) is 0 Å². The van der Waals surface area contributed by atoms with Gasteiger partial charge in [-0.25, -0.2) is 0 Å². The van der Waals surface area contributed by atoms with E-state index < -0.39 is 0 Å². The lowest BCUT2D eigenvalue weighted by Gasteiger charge is -2.32. The maximum atomic E-state index is 11.7. The van der Waals surface area contributed by atoms with Crippen LogP contribution in [0.25, 0.3) is 0 Å². The summed E-state index contributed by atoms with van der Waals surface area (Å²) < 4.78 is 0. The summed E-state index contributed by atoms with van der Waals surface area (Å²) in [6.07, 6.45) is 1.82. The summed E-state index contributed by atoms with van der Waals surface area (Å²) >= 11 is 3.68. The molecule has 0 amide bonds. The third-order valence-corrected chi connectivity index (χ3v) is 5.37. The SMILES string of the molecule is CC1(C)[C@@H]2CC(=O)[C@]1(C)C[C@@H]2Br. The maximum Gasteiger partial charge on any atom is 0.139 e. The topological polar surface area (TPSA) is 17.1 Å². The van der Waals surface area contributed by atoms with E-state index in [0.717, 1.165) is 12.8 Å². The van der Waals surface area contributed by atoms with E-state index in [4.69, 9.17) is 0 Å². The van der Waals surface area contributed by atoms with Crippen LogP contribution in [0.3, 0.4) is 0 Å². The number of rotatable bonds is 0. The molecule has 0 unspecified atom stereocenters. The first kappa shape index (κ1) is 8.74. The Hall–Kier alpha value is 0.150. The Labute approximate surface area is 82.0 Å². The van der Waals surface area contributed by atoms with Crippen LogP contribution in [0.5, 0.6) is 0 Å². The van der Waals surface area contributed by atoms with Gasteiger partial charge in [0.2, 0.25) is 0 Å². The number of ketones is 1. The molecule has 0 aromatic rings. The summed E-state index contributed by atoms with van der Waals surface area (Å²) in [7, 11) is 0. The number of Topliss-reactive ketones (excluding diaryl/α,β-unsaturated/α-hetero) is 1. The zero-order valence-corrected chi connectivity index (χ0v) is 9.44. The molecule has 2 rings (SSSR count). The molecule has 2 aliphatic carbocycles. The van der Waals surface area contributed by atoms with E-state index in [0.29, 0.717) is 16.5 Å². The molecule has 0 saturated heterocycles. The third-order valence-electron chi connectivity index (χ3n) is 4.41. The molecule has 0 N–H and O–H groups in total. The minimum atomic E-state index is -0.0498. The number of carbonyl (C=O) groups excluding carboxylic acids is 1. The van der Waals surface area contributed by atoms with E-state index >= 15 is 0 Å². The Morgan fingerprint density at radius 3 is 2.25 bits per heavy atom. The van der Waals surface area contributed by atoms with E-state index in [2.05, 4.69) is 36.7 Å². The molecule has 0 aromatic heterocycles. The zero-order chi connectivity index (χ0) is 9.15. The molecule has 2 saturated carbocycles. The number of fused-ring (bicyclic) bond motifs is 2. The fraction of sp³-hybridized carbons (Fsp3) is 0.900. The lowest BCUT2D eigenvalue weighted by Crippen LogP contribution is -2.32. The lowest BCUT2D eigenvalue weighted by molar-refractivity contribution is -0.128. The van der Waals surface area contributed by atoms with Gasteiger partial charge in [0.25, 0.3) is 0 Å². The highest BCUT2D eigenvalue weighted by atomic mass is 79.9. The van der Waals surface area contributed by atoms with Gasteiger partial charge in [0, 0.05) is 16.7 Å². The summed E-state index contributed by atoms with van der Waals surface area (Å²) in [4.78, 5) is 12.3. The standard InChI is InChI=1S/C10H15BrO/c1-9(2)6-4-8(12)10(9,3)5-7(6)11/h6-7H,4-5H2,1-3H3/t6-,7+,10+/m1/s1.